The van der Waals surface area contributed by atoms with Crippen molar-refractivity contribution in [2.75, 3.05) is 33.7 Å². The molecule has 0 spiro atoms. The van der Waals surface area contributed by atoms with E-state index >= 15 is 0 Å². The van der Waals surface area contributed by atoms with E-state index in [0.717, 1.165) is 12.5 Å². The van der Waals surface area contributed by atoms with Crippen LogP contribution in [0.15, 0.2) is 0 Å². The van der Waals surface area contributed by atoms with Crippen molar-refractivity contribution < 1.29 is 0 Å². The summed E-state index contributed by atoms with van der Waals surface area (Å²) in [6.07, 6.45) is 0. The van der Waals surface area contributed by atoms with Crippen molar-refractivity contribution in [2.45, 2.75) is 52.7 Å². The maximum Gasteiger partial charge on any atom is 0.0254 e. The number of nitrogens with one attached hydrogen (secondary N) is 1. The van der Waals surface area contributed by atoms with Gasteiger partial charge in [-0.2, -0.15) is 0 Å². The monoisotopic (exact) mass is 255 g/mol. The molecule has 0 aromatic heterocycles. The number of rotatable bonds is 6. The summed E-state index contributed by atoms with van der Waals surface area (Å²) in [4.78, 5) is 5.08. The van der Waals surface area contributed by atoms with Crippen LogP contribution < -0.4 is 5.32 Å². The summed E-state index contributed by atoms with van der Waals surface area (Å²) in [5.41, 5.74) is 0. The second kappa shape index (κ2) is 6.88. The molecule has 0 radical (unpaired) electrons. The lowest BCUT2D eigenvalue weighted by Gasteiger charge is -2.32. The molecule has 0 saturated carbocycles. The van der Waals surface area contributed by atoms with Gasteiger partial charge in [-0.15, -0.1) is 0 Å². The van der Waals surface area contributed by atoms with Crippen LogP contribution in [-0.4, -0.2) is 61.7 Å². The molecule has 1 N–H and O–H groups in total. The van der Waals surface area contributed by atoms with Crippen LogP contribution in [0.1, 0.15) is 34.6 Å². The maximum absolute atomic E-state index is 3.61. The number of hydrogen-bond donors (Lipinski definition) is 1. The minimum atomic E-state index is 0.580. The first-order valence-electron chi connectivity index (χ1n) is 7.46. The normalized spacial score (nSPS) is 27.7. The Bertz CT molecular complexity index is 238. The Morgan fingerprint density at radius 1 is 1.17 bits per heavy atom. The van der Waals surface area contributed by atoms with Crippen molar-refractivity contribution >= 4 is 0 Å². The molecule has 1 heterocycles. The molecule has 3 heteroatoms. The maximum atomic E-state index is 3.61. The Morgan fingerprint density at radius 2 is 1.78 bits per heavy atom. The van der Waals surface area contributed by atoms with E-state index in [2.05, 4.69) is 63.8 Å². The van der Waals surface area contributed by atoms with Crippen LogP contribution in [0.4, 0.5) is 0 Å². The Hall–Kier alpha value is -0.120. The number of likely N-dealkylation sites (N-methyl/N-ethyl adjacent to an activating group) is 1. The minimum absolute atomic E-state index is 0.580. The fourth-order valence-electron chi connectivity index (χ4n) is 3.07. The van der Waals surface area contributed by atoms with Gasteiger partial charge in [-0.1, -0.05) is 34.6 Å². The Kier molecular flexibility index (Phi) is 6.09. The highest BCUT2D eigenvalue weighted by Crippen LogP contribution is 2.24. The summed E-state index contributed by atoms with van der Waals surface area (Å²) in [7, 11) is 4.42. The van der Waals surface area contributed by atoms with Gasteiger partial charge in [0, 0.05) is 37.8 Å². The lowest BCUT2D eigenvalue weighted by molar-refractivity contribution is 0.169. The van der Waals surface area contributed by atoms with E-state index in [1.807, 2.05) is 0 Å². The second-order valence-corrected chi connectivity index (χ2v) is 6.84. The number of likely N-dealkylation sites (tertiary alicyclic amines) is 1. The van der Waals surface area contributed by atoms with E-state index in [0.29, 0.717) is 24.0 Å². The quantitative estimate of drug-likeness (QED) is 0.782. The molecular weight excluding hydrogens is 222 g/mol. The zero-order chi connectivity index (χ0) is 13.9. The first kappa shape index (κ1) is 15.9. The molecule has 1 rings (SSSR count). The second-order valence-electron chi connectivity index (χ2n) is 6.84. The fourth-order valence-corrected chi connectivity index (χ4v) is 3.07. The lowest BCUT2D eigenvalue weighted by Crippen LogP contribution is -2.47. The molecule has 0 aromatic rings. The van der Waals surface area contributed by atoms with Gasteiger partial charge in [0.2, 0.25) is 0 Å². The van der Waals surface area contributed by atoms with Crippen molar-refractivity contribution in [2.24, 2.45) is 11.8 Å². The molecule has 1 fully saturated rings. The van der Waals surface area contributed by atoms with Crippen LogP contribution in [-0.2, 0) is 0 Å². The molecule has 0 amide bonds. The Morgan fingerprint density at radius 3 is 2.17 bits per heavy atom. The average molecular weight is 255 g/mol. The molecule has 3 unspecified atom stereocenters. The average Bonchev–Trinajstić information content (AvgIpc) is 2.59. The largest absolute Gasteiger partial charge is 0.313 e. The van der Waals surface area contributed by atoms with Crippen LogP contribution >= 0.6 is 0 Å². The van der Waals surface area contributed by atoms with Crippen LogP contribution in [0.2, 0.25) is 0 Å². The van der Waals surface area contributed by atoms with Crippen LogP contribution in [0.25, 0.3) is 0 Å². The van der Waals surface area contributed by atoms with Gasteiger partial charge in [0.15, 0.2) is 0 Å². The first-order valence-corrected chi connectivity index (χ1v) is 7.46. The SMILES string of the molecule is CC(C)NCC(C(C)C)N1CC(C)C(N(C)C)C1. The van der Waals surface area contributed by atoms with E-state index in [9.17, 15) is 0 Å². The highest BCUT2D eigenvalue weighted by atomic mass is 15.3. The first-order chi connectivity index (χ1) is 8.32. The van der Waals surface area contributed by atoms with E-state index < -0.39 is 0 Å². The molecule has 0 bridgehead atoms. The number of nitrogens with zero attached hydrogens (tertiary/aromatic N) is 2. The van der Waals surface area contributed by atoms with Gasteiger partial charge in [-0.25, -0.2) is 0 Å². The summed E-state index contributed by atoms with van der Waals surface area (Å²) < 4.78 is 0. The third-order valence-corrected chi connectivity index (χ3v) is 4.24. The highest BCUT2D eigenvalue weighted by molar-refractivity contribution is 4.91. The molecular formula is C15H33N3. The number of hydrogen-bond acceptors (Lipinski definition) is 3. The van der Waals surface area contributed by atoms with Crippen molar-refractivity contribution in [3.8, 4) is 0 Å². The lowest BCUT2D eigenvalue weighted by atomic mass is 10.0. The van der Waals surface area contributed by atoms with E-state index in [4.69, 9.17) is 0 Å². The van der Waals surface area contributed by atoms with Gasteiger partial charge >= 0.3 is 0 Å². The molecule has 0 aliphatic carbocycles. The van der Waals surface area contributed by atoms with Crippen LogP contribution in [0.5, 0.6) is 0 Å². The molecule has 3 nitrogen and oxygen atoms in total. The summed E-state index contributed by atoms with van der Waals surface area (Å²) in [5.74, 6) is 1.49. The highest BCUT2D eigenvalue weighted by Gasteiger charge is 2.35. The standard InChI is InChI=1S/C15H33N3/c1-11(2)14(8-16-12(3)4)18-9-13(5)15(10-18)17(6)7/h11-16H,8-10H2,1-7H3. The van der Waals surface area contributed by atoms with Crippen molar-refractivity contribution in [1.82, 2.24) is 15.1 Å². The predicted molar refractivity (Wildman–Crippen MR) is 80.0 cm³/mol. The van der Waals surface area contributed by atoms with Crippen LogP contribution in [0.3, 0.4) is 0 Å². The molecule has 18 heavy (non-hydrogen) atoms. The zero-order valence-electron chi connectivity index (χ0n) is 13.4. The van der Waals surface area contributed by atoms with Gasteiger partial charge in [0.1, 0.15) is 0 Å². The van der Waals surface area contributed by atoms with Gasteiger partial charge in [0.05, 0.1) is 0 Å². The van der Waals surface area contributed by atoms with Gasteiger partial charge < -0.3 is 10.2 Å². The topological polar surface area (TPSA) is 18.5 Å². The Labute approximate surface area is 114 Å². The molecule has 1 aliphatic heterocycles. The molecule has 108 valence electrons. The molecule has 3 atom stereocenters. The molecule has 1 saturated heterocycles. The van der Waals surface area contributed by atoms with Gasteiger partial charge in [0.25, 0.3) is 0 Å². The molecule has 1 aliphatic rings. The predicted octanol–water partition coefficient (Wildman–Crippen LogP) is 1.89. The van der Waals surface area contributed by atoms with E-state index in [-0.39, 0.29) is 0 Å². The minimum Gasteiger partial charge on any atom is -0.313 e. The summed E-state index contributed by atoms with van der Waals surface area (Å²) in [6, 6.07) is 1.96. The van der Waals surface area contributed by atoms with Gasteiger partial charge in [-0.3, -0.25) is 4.90 Å². The van der Waals surface area contributed by atoms with Crippen molar-refractivity contribution in [3.05, 3.63) is 0 Å². The van der Waals surface area contributed by atoms with Crippen LogP contribution in [0, 0.1) is 11.8 Å². The summed E-state index contributed by atoms with van der Waals surface area (Å²) >= 11 is 0. The summed E-state index contributed by atoms with van der Waals surface area (Å²) in [6.45, 7) is 15.1. The van der Waals surface area contributed by atoms with Crippen molar-refractivity contribution in [1.29, 1.82) is 0 Å². The zero-order valence-corrected chi connectivity index (χ0v) is 13.4. The van der Waals surface area contributed by atoms with Gasteiger partial charge in [-0.05, 0) is 25.9 Å². The Balaban J connectivity index is 2.59. The molecule has 0 aromatic carbocycles. The fraction of sp³-hybridized carbons (Fsp3) is 1.00. The van der Waals surface area contributed by atoms with Crippen molar-refractivity contribution in [3.63, 3.8) is 0 Å². The third-order valence-electron chi connectivity index (χ3n) is 4.24. The smallest absolute Gasteiger partial charge is 0.0254 e. The van der Waals surface area contributed by atoms with E-state index in [1.165, 1.54) is 13.1 Å². The summed E-state index contributed by atoms with van der Waals surface area (Å²) in [5, 5.41) is 3.61. The third kappa shape index (κ3) is 4.22. The van der Waals surface area contributed by atoms with E-state index in [1.54, 1.807) is 0 Å².